The van der Waals surface area contributed by atoms with E-state index in [1.54, 1.807) is 19.9 Å². The Labute approximate surface area is 121 Å². The van der Waals surface area contributed by atoms with Crippen LogP contribution in [0.25, 0.3) is 0 Å². The number of amides is 1. The van der Waals surface area contributed by atoms with Crippen LogP contribution in [0.3, 0.4) is 0 Å². The Bertz CT molecular complexity index is 502. The minimum Gasteiger partial charge on any atom is -0.348 e. The van der Waals surface area contributed by atoms with Crippen LogP contribution in [0, 0.1) is 19.8 Å². The van der Waals surface area contributed by atoms with Gasteiger partial charge in [-0.05, 0) is 45.6 Å². The summed E-state index contributed by atoms with van der Waals surface area (Å²) in [5.41, 5.74) is 0.950. The van der Waals surface area contributed by atoms with Gasteiger partial charge in [0.25, 0.3) is 5.91 Å². The van der Waals surface area contributed by atoms with Gasteiger partial charge in [-0.25, -0.2) is 9.97 Å². The number of halogens is 3. The average Bonchev–Trinajstić information content (AvgIpc) is 2.37. The maximum absolute atomic E-state index is 12.6. The molecule has 0 saturated heterocycles. The summed E-state index contributed by atoms with van der Waals surface area (Å²) in [7, 11) is 0. The summed E-state index contributed by atoms with van der Waals surface area (Å²) in [6, 6.07) is 1.36. The van der Waals surface area contributed by atoms with Crippen LogP contribution in [-0.2, 0) is 0 Å². The van der Waals surface area contributed by atoms with Crippen molar-refractivity contribution in [2.24, 2.45) is 5.92 Å². The van der Waals surface area contributed by atoms with Crippen LogP contribution in [-0.4, -0.2) is 28.1 Å². The van der Waals surface area contributed by atoms with Crippen LogP contribution < -0.4 is 5.32 Å². The normalized spacial score (nSPS) is 22.9. The number of carbonyl (C=O) groups excluding carboxylic acids is 1. The molecule has 21 heavy (non-hydrogen) atoms. The lowest BCUT2D eigenvalue weighted by atomic mass is 9.85. The van der Waals surface area contributed by atoms with E-state index in [4.69, 9.17) is 0 Å². The zero-order valence-electron chi connectivity index (χ0n) is 12.0. The minimum atomic E-state index is -4.13. The van der Waals surface area contributed by atoms with E-state index >= 15 is 0 Å². The number of rotatable bonds is 2. The van der Waals surface area contributed by atoms with E-state index in [2.05, 4.69) is 15.3 Å². The maximum atomic E-state index is 12.6. The second kappa shape index (κ2) is 5.99. The Morgan fingerprint density at radius 3 is 2.33 bits per heavy atom. The van der Waals surface area contributed by atoms with E-state index in [9.17, 15) is 18.0 Å². The van der Waals surface area contributed by atoms with Crippen molar-refractivity contribution < 1.29 is 18.0 Å². The van der Waals surface area contributed by atoms with Crippen molar-refractivity contribution in [3.8, 4) is 0 Å². The van der Waals surface area contributed by atoms with Gasteiger partial charge in [0.15, 0.2) is 0 Å². The van der Waals surface area contributed by atoms with Gasteiger partial charge in [-0.1, -0.05) is 0 Å². The summed E-state index contributed by atoms with van der Waals surface area (Å²) < 4.78 is 37.7. The number of aryl methyl sites for hydroxylation is 2. The van der Waals surface area contributed by atoms with Crippen molar-refractivity contribution >= 4 is 5.91 Å². The number of alkyl halides is 3. The molecule has 1 aliphatic carbocycles. The number of hydrogen-bond donors (Lipinski definition) is 1. The maximum Gasteiger partial charge on any atom is 0.391 e. The van der Waals surface area contributed by atoms with Crippen molar-refractivity contribution in [1.29, 1.82) is 0 Å². The molecule has 0 unspecified atom stereocenters. The highest BCUT2D eigenvalue weighted by Gasteiger charge is 2.41. The first-order valence-electron chi connectivity index (χ1n) is 6.95. The number of nitrogens with one attached hydrogen (secondary N) is 1. The molecule has 0 aromatic carbocycles. The van der Waals surface area contributed by atoms with E-state index < -0.39 is 12.1 Å². The quantitative estimate of drug-likeness (QED) is 0.913. The smallest absolute Gasteiger partial charge is 0.348 e. The van der Waals surface area contributed by atoms with Crippen LogP contribution in [0.4, 0.5) is 13.2 Å². The molecule has 116 valence electrons. The van der Waals surface area contributed by atoms with Crippen LogP contribution in [0.15, 0.2) is 6.07 Å². The van der Waals surface area contributed by atoms with Gasteiger partial charge >= 0.3 is 6.18 Å². The van der Waals surface area contributed by atoms with Crippen molar-refractivity contribution in [3.05, 3.63) is 23.3 Å². The summed E-state index contributed by atoms with van der Waals surface area (Å²) in [4.78, 5) is 20.2. The molecule has 1 aliphatic rings. The topological polar surface area (TPSA) is 54.9 Å². The molecule has 0 spiro atoms. The molecule has 1 aromatic heterocycles. The van der Waals surface area contributed by atoms with Crippen LogP contribution >= 0.6 is 0 Å². The van der Waals surface area contributed by atoms with E-state index in [0.717, 1.165) is 0 Å². The fraction of sp³-hybridized carbons (Fsp3) is 0.643. The zero-order chi connectivity index (χ0) is 15.6. The Morgan fingerprint density at radius 2 is 1.81 bits per heavy atom. The van der Waals surface area contributed by atoms with Crippen molar-refractivity contribution in [2.75, 3.05) is 0 Å². The monoisotopic (exact) mass is 301 g/mol. The van der Waals surface area contributed by atoms with Gasteiger partial charge in [0.1, 0.15) is 11.5 Å². The first-order chi connectivity index (χ1) is 9.75. The average molecular weight is 301 g/mol. The molecule has 4 nitrogen and oxygen atoms in total. The molecular weight excluding hydrogens is 283 g/mol. The van der Waals surface area contributed by atoms with Gasteiger partial charge in [-0.2, -0.15) is 13.2 Å². The number of hydrogen-bond acceptors (Lipinski definition) is 3. The first kappa shape index (κ1) is 15.7. The summed E-state index contributed by atoms with van der Waals surface area (Å²) in [5.74, 6) is -1.09. The Balaban J connectivity index is 1.93. The molecule has 1 heterocycles. The molecular formula is C14H18F3N3O. The third-order valence-electron chi connectivity index (χ3n) is 3.72. The third kappa shape index (κ3) is 4.15. The predicted octanol–water partition coefficient (Wildman–Crippen LogP) is 2.94. The molecule has 1 fully saturated rings. The third-order valence-corrected chi connectivity index (χ3v) is 3.72. The molecule has 1 aromatic rings. The van der Waals surface area contributed by atoms with Gasteiger partial charge in [0.05, 0.1) is 5.92 Å². The summed E-state index contributed by atoms with van der Waals surface area (Å²) >= 11 is 0. The molecule has 2 rings (SSSR count). The summed E-state index contributed by atoms with van der Waals surface area (Å²) in [6.07, 6.45) is -3.31. The number of carbonyl (C=O) groups is 1. The van der Waals surface area contributed by atoms with Crippen LogP contribution in [0.5, 0.6) is 0 Å². The van der Waals surface area contributed by atoms with Gasteiger partial charge in [-0.3, -0.25) is 4.79 Å². The largest absolute Gasteiger partial charge is 0.391 e. The van der Waals surface area contributed by atoms with Crippen molar-refractivity contribution in [1.82, 2.24) is 15.3 Å². The van der Waals surface area contributed by atoms with E-state index in [1.807, 2.05) is 0 Å². The van der Waals surface area contributed by atoms with Gasteiger partial charge in [-0.15, -0.1) is 0 Å². The Morgan fingerprint density at radius 1 is 1.19 bits per heavy atom. The lowest BCUT2D eigenvalue weighted by Crippen LogP contribution is -2.40. The van der Waals surface area contributed by atoms with Crippen LogP contribution in [0.1, 0.15) is 47.7 Å². The fourth-order valence-electron chi connectivity index (χ4n) is 2.66. The van der Waals surface area contributed by atoms with E-state index in [1.165, 1.54) is 0 Å². The van der Waals surface area contributed by atoms with Crippen LogP contribution in [0.2, 0.25) is 0 Å². The molecule has 0 atom stereocenters. The predicted molar refractivity (Wildman–Crippen MR) is 70.8 cm³/mol. The minimum absolute atomic E-state index is 0.0658. The zero-order valence-corrected chi connectivity index (χ0v) is 12.0. The second-order valence-electron chi connectivity index (χ2n) is 5.51. The highest BCUT2D eigenvalue weighted by molar-refractivity contribution is 5.92. The number of nitrogens with zero attached hydrogens (tertiary/aromatic N) is 2. The summed E-state index contributed by atoms with van der Waals surface area (Å²) in [6.45, 7) is 3.46. The molecule has 0 bridgehead atoms. The highest BCUT2D eigenvalue weighted by atomic mass is 19.4. The first-order valence-corrected chi connectivity index (χ1v) is 6.95. The molecule has 1 saturated carbocycles. The van der Waals surface area contributed by atoms with Gasteiger partial charge in [0, 0.05) is 11.7 Å². The molecule has 7 heteroatoms. The van der Waals surface area contributed by atoms with Gasteiger partial charge < -0.3 is 5.32 Å². The summed E-state index contributed by atoms with van der Waals surface area (Å²) in [5, 5.41) is 2.77. The molecule has 1 amide bonds. The van der Waals surface area contributed by atoms with E-state index in [0.29, 0.717) is 24.4 Å². The number of aromatic nitrogens is 2. The Hall–Kier alpha value is -1.66. The molecule has 0 radical (unpaired) electrons. The second-order valence-corrected chi connectivity index (χ2v) is 5.51. The fourth-order valence-corrected chi connectivity index (χ4v) is 2.66. The van der Waals surface area contributed by atoms with Crippen molar-refractivity contribution in [3.63, 3.8) is 0 Å². The lowest BCUT2D eigenvalue weighted by molar-refractivity contribution is -0.182. The SMILES string of the molecule is Cc1cc(C(=O)NC2CCC(C(F)(F)F)CC2)nc(C)n1. The van der Waals surface area contributed by atoms with E-state index in [-0.39, 0.29) is 30.5 Å². The van der Waals surface area contributed by atoms with Crippen molar-refractivity contribution in [2.45, 2.75) is 51.7 Å². The highest BCUT2D eigenvalue weighted by Crippen LogP contribution is 2.37. The van der Waals surface area contributed by atoms with Gasteiger partial charge in [0.2, 0.25) is 0 Å². The molecule has 1 N–H and O–H groups in total. The Kier molecular flexibility index (Phi) is 4.49. The standard InChI is InChI=1S/C14H18F3N3O/c1-8-7-12(19-9(2)18-8)13(21)20-11-5-3-10(4-6-11)14(15,16)17/h7,10-11H,3-6H2,1-2H3,(H,20,21). The lowest BCUT2D eigenvalue weighted by Gasteiger charge is -2.30. The molecule has 0 aliphatic heterocycles.